The van der Waals surface area contributed by atoms with Gasteiger partial charge in [-0.2, -0.15) is 4.98 Å². The highest BCUT2D eigenvalue weighted by atomic mass is 16.5. The maximum absolute atomic E-state index is 5.07. The lowest BCUT2D eigenvalue weighted by Crippen LogP contribution is -2.32. The van der Waals surface area contributed by atoms with Crippen LogP contribution in [-0.4, -0.2) is 28.2 Å². The summed E-state index contributed by atoms with van der Waals surface area (Å²) in [5, 5.41) is 10.4. The van der Waals surface area contributed by atoms with E-state index < -0.39 is 0 Å². The largest absolute Gasteiger partial charge is 0.372 e. The molecule has 0 amide bonds. The molecule has 0 bridgehead atoms. The summed E-state index contributed by atoms with van der Waals surface area (Å²) in [7, 11) is 0. The highest BCUT2D eigenvalue weighted by Gasteiger charge is 2.15. The normalized spacial score (nSPS) is 14.9. The van der Waals surface area contributed by atoms with Crippen molar-refractivity contribution in [3.8, 4) is 0 Å². The lowest BCUT2D eigenvalue weighted by molar-refractivity contribution is 0.400. The molecule has 1 aliphatic rings. The third-order valence-electron chi connectivity index (χ3n) is 5.01. The van der Waals surface area contributed by atoms with Crippen LogP contribution in [0.2, 0.25) is 0 Å². The molecule has 0 saturated carbocycles. The molecule has 0 atom stereocenters. The fraction of sp³-hybridized carbons (Fsp3) is 0.381. The van der Waals surface area contributed by atoms with E-state index in [4.69, 9.17) is 4.52 Å². The maximum atomic E-state index is 5.07. The van der Waals surface area contributed by atoms with Crippen molar-refractivity contribution >= 4 is 29.0 Å². The molecule has 4 rings (SSSR count). The number of aromatic nitrogens is 3. The van der Waals surface area contributed by atoms with E-state index in [1.54, 1.807) is 6.07 Å². The Morgan fingerprint density at radius 3 is 2.39 bits per heavy atom. The van der Waals surface area contributed by atoms with Crippen LogP contribution in [0.5, 0.6) is 0 Å². The molecule has 0 unspecified atom stereocenters. The Balaban J connectivity index is 1.45. The first-order valence-corrected chi connectivity index (χ1v) is 9.73. The minimum Gasteiger partial charge on any atom is -0.372 e. The Kier molecular flexibility index (Phi) is 5.14. The minimum atomic E-state index is 0.481. The van der Waals surface area contributed by atoms with Gasteiger partial charge in [-0.3, -0.25) is 0 Å². The lowest BCUT2D eigenvalue weighted by Gasteiger charge is -2.32. The van der Waals surface area contributed by atoms with Crippen molar-refractivity contribution in [2.45, 2.75) is 33.6 Å². The van der Waals surface area contributed by atoms with Crippen LogP contribution in [0.4, 0.5) is 29.0 Å². The van der Waals surface area contributed by atoms with Crippen LogP contribution in [0.1, 0.15) is 31.2 Å². The van der Waals surface area contributed by atoms with E-state index in [1.165, 1.54) is 18.5 Å². The molecular formula is C21H26N6O. The Hall–Kier alpha value is -3.09. The summed E-state index contributed by atoms with van der Waals surface area (Å²) in [4.78, 5) is 11.4. The summed E-state index contributed by atoms with van der Waals surface area (Å²) in [6.07, 6.45) is 2.53. The van der Waals surface area contributed by atoms with E-state index in [2.05, 4.69) is 61.8 Å². The second-order valence-electron chi connectivity index (χ2n) is 7.51. The molecule has 0 radical (unpaired) electrons. The monoisotopic (exact) mass is 378 g/mol. The van der Waals surface area contributed by atoms with E-state index in [0.29, 0.717) is 11.8 Å². The Morgan fingerprint density at radius 1 is 0.964 bits per heavy atom. The molecule has 1 fully saturated rings. The van der Waals surface area contributed by atoms with Gasteiger partial charge < -0.3 is 20.1 Å². The molecule has 2 aromatic heterocycles. The third-order valence-corrected chi connectivity index (χ3v) is 5.01. The van der Waals surface area contributed by atoms with Gasteiger partial charge in [-0.05, 0) is 56.9 Å². The van der Waals surface area contributed by atoms with Gasteiger partial charge in [0.1, 0.15) is 11.6 Å². The fourth-order valence-electron chi connectivity index (χ4n) is 3.40. The number of rotatable bonds is 5. The number of piperidine rings is 1. The highest BCUT2D eigenvalue weighted by molar-refractivity contribution is 5.62. The topological polar surface area (TPSA) is 79.1 Å². The van der Waals surface area contributed by atoms with Crippen LogP contribution in [0.25, 0.3) is 0 Å². The first-order valence-electron chi connectivity index (χ1n) is 9.73. The van der Waals surface area contributed by atoms with E-state index in [-0.39, 0.29) is 0 Å². The Labute approximate surface area is 165 Å². The van der Waals surface area contributed by atoms with Gasteiger partial charge in [0.15, 0.2) is 5.82 Å². The number of hydrogen-bond acceptors (Lipinski definition) is 7. The van der Waals surface area contributed by atoms with Crippen molar-refractivity contribution in [3.63, 3.8) is 0 Å². The molecule has 1 saturated heterocycles. The van der Waals surface area contributed by atoms with Gasteiger partial charge in [-0.1, -0.05) is 12.1 Å². The predicted molar refractivity (Wildman–Crippen MR) is 112 cm³/mol. The fourth-order valence-corrected chi connectivity index (χ4v) is 3.40. The Morgan fingerprint density at radius 2 is 1.71 bits per heavy atom. The van der Waals surface area contributed by atoms with E-state index in [1.807, 2.05) is 19.9 Å². The summed E-state index contributed by atoms with van der Waals surface area (Å²) in [6.45, 7) is 8.38. The van der Waals surface area contributed by atoms with E-state index in [9.17, 15) is 0 Å². The maximum Gasteiger partial charge on any atom is 0.230 e. The van der Waals surface area contributed by atoms with Crippen LogP contribution < -0.4 is 15.5 Å². The zero-order valence-electron chi connectivity index (χ0n) is 16.6. The predicted octanol–water partition coefficient (Wildman–Crippen LogP) is 4.80. The van der Waals surface area contributed by atoms with Crippen molar-refractivity contribution in [3.05, 3.63) is 47.9 Å². The Bertz CT molecular complexity index is 928. The average Bonchev–Trinajstić information content (AvgIpc) is 3.07. The molecular weight excluding hydrogens is 352 g/mol. The lowest BCUT2D eigenvalue weighted by atomic mass is 9.99. The molecule has 3 aromatic rings. The third kappa shape index (κ3) is 4.42. The van der Waals surface area contributed by atoms with Gasteiger partial charge >= 0.3 is 0 Å². The minimum absolute atomic E-state index is 0.481. The van der Waals surface area contributed by atoms with Crippen molar-refractivity contribution in [1.82, 2.24) is 15.1 Å². The number of anilines is 5. The quantitative estimate of drug-likeness (QED) is 0.660. The number of benzene rings is 1. The molecule has 146 valence electrons. The number of nitrogens with one attached hydrogen (secondary N) is 2. The molecule has 7 nitrogen and oxygen atoms in total. The molecule has 3 heterocycles. The molecule has 0 spiro atoms. The van der Waals surface area contributed by atoms with E-state index >= 15 is 0 Å². The standard InChI is InChI=1S/C21H26N6O/c1-14-8-10-27(11-9-14)18-6-4-17(5-7-18)23-19-12-15(2)22-21(24-19)25-20-13-16(3)28-26-20/h4-7,12-14H,8-11H2,1-3H3,(H2,22,23,24,25,26). The van der Waals surface area contributed by atoms with Gasteiger partial charge in [-0.25, -0.2) is 4.98 Å². The van der Waals surface area contributed by atoms with Gasteiger partial charge in [-0.15, -0.1) is 0 Å². The van der Waals surface area contributed by atoms with Crippen LogP contribution in [0, 0.1) is 19.8 Å². The molecule has 28 heavy (non-hydrogen) atoms. The van der Waals surface area contributed by atoms with Gasteiger partial charge in [0.25, 0.3) is 0 Å². The summed E-state index contributed by atoms with van der Waals surface area (Å²) < 4.78 is 5.07. The zero-order valence-corrected chi connectivity index (χ0v) is 16.6. The van der Waals surface area contributed by atoms with E-state index in [0.717, 1.165) is 42.0 Å². The van der Waals surface area contributed by atoms with Crippen molar-refractivity contribution in [1.29, 1.82) is 0 Å². The summed E-state index contributed by atoms with van der Waals surface area (Å²) in [6, 6.07) is 12.3. The first-order chi connectivity index (χ1) is 13.5. The molecule has 1 aliphatic heterocycles. The summed E-state index contributed by atoms with van der Waals surface area (Å²) in [5.74, 6) is 3.37. The SMILES string of the molecule is Cc1cc(Nc2ccc(N3CCC(C)CC3)cc2)nc(Nc2cc(C)on2)n1. The number of aryl methyl sites for hydroxylation is 2. The smallest absolute Gasteiger partial charge is 0.230 e. The van der Waals surface area contributed by atoms with Crippen molar-refractivity contribution in [2.24, 2.45) is 5.92 Å². The molecule has 1 aromatic carbocycles. The van der Waals surface area contributed by atoms with Crippen molar-refractivity contribution < 1.29 is 4.52 Å². The van der Waals surface area contributed by atoms with Crippen LogP contribution >= 0.6 is 0 Å². The zero-order chi connectivity index (χ0) is 19.5. The second kappa shape index (κ2) is 7.88. The molecule has 7 heteroatoms. The van der Waals surface area contributed by atoms with Crippen LogP contribution in [-0.2, 0) is 0 Å². The van der Waals surface area contributed by atoms with Gasteiger partial charge in [0.05, 0.1) is 0 Å². The number of nitrogens with zero attached hydrogens (tertiary/aromatic N) is 4. The number of hydrogen-bond donors (Lipinski definition) is 2. The summed E-state index contributed by atoms with van der Waals surface area (Å²) in [5.41, 5.74) is 3.13. The molecule has 2 N–H and O–H groups in total. The highest BCUT2D eigenvalue weighted by Crippen LogP contribution is 2.25. The van der Waals surface area contributed by atoms with Crippen LogP contribution in [0.15, 0.2) is 40.9 Å². The van der Waals surface area contributed by atoms with Gasteiger partial charge in [0.2, 0.25) is 5.95 Å². The van der Waals surface area contributed by atoms with Crippen molar-refractivity contribution in [2.75, 3.05) is 28.6 Å². The average molecular weight is 378 g/mol. The summed E-state index contributed by atoms with van der Waals surface area (Å²) >= 11 is 0. The first kappa shape index (κ1) is 18.3. The molecule has 0 aliphatic carbocycles. The van der Waals surface area contributed by atoms with Crippen LogP contribution in [0.3, 0.4) is 0 Å². The second-order valence-corrected chi connectivity index (χ2v) is 7.51. The van der Waals surface area contributed by atoms with Gasteiger partial charge in [0, 0.05) is 42.3 Å².